The highest BCUT2D eigenvalue weighted by molar-refractivity contribution is 8.00. The van der Waals surface area contributed by atoms with Crippen molar-refractivity contribution in [3.05, 3.63) is 367 Å². The molecule has 0 amide bonds. The van der Waals surface area contributed by atoms with Gasteiger partial charge in [0.1, 0.15) is 0 Å². The van der Waals surface area contributed by atoms with E-state index in [4.69, 9.17) is 0 Å². The second kappa shape index (κ2) is 22.7. The first-order valence-electron chi connectivity index (χ1n) is 30.2. The quantitative estimate of drug-likeness (QED) is 0.164. The first kappa shape index (κ1) is 54.4. The van der Waals surface area contributed by atoms with Gasteiger partial charge >= 0.3 is 0 Å². The number of hydrogen-bond acceptors (Lipinski definition) is 7. The van der Waals surface area contributed by atoms with Crippen molar-refractivity contribution in [3.63, 3.8) is 0 Å². The average molecular weight is 1220 g/mol. The molecule has 0 atom stereocenters. The third kappa shape index (κ3) is 9.13. The summed E-state index contributed by atoms with van der Waals surface area (Å²) in [5, 5.41) is 0. The van der Waals surface area contributed by atoms with E-state index in [1.54, 1.807) is 0 Å². The fourth-order valence-corrected chi connectivity index (χ4v) is 19.0. The Morgan fingerprint density at radius 3 is 0.911 bits per heavy atom. The molecule has 14 aromatic rings. The Hall–Kier alpha value is -9.73. The summed E-state index contributed by atoms with van der Waals surface area (Å²) in [5.74, 6) is 0. The lowest BCUT2D eigenvalue weighted by Crippen LogP contribution is -2.36. The molecule has 0 fully saturated rings. The summed E-state index contributed by atoms with van der Waals surface area (Å²) in [5.41, 5.74) is 23.9. The summed E-state index contributed by atoms with van der Waals surface area (Å²) in [6, 6.07) is 107. The van der Waals surface area contributed by atoms with Gasteiger partial charge in [-0.2, -0.15) is 0 Å². The van der Waals surface area contributed by atoms with Gasteiger partial charge in [-0.15, -0.1) is 0 Å². The molecule has 0 N–H and O–H groups in total. The van der Waals surface area contributed by atoms with Crippen molar-refractivity contribution >= 4 is 47.0 Å². The van der Waals surface area contributed by atoms with E-state index in [2.05, 4.69) is 288 Å². The van der Waals surface area contributed by atoms with Crippen molar-refractivity contribution < 1.29 is 0 Å². The highest BCUT2D eigenvalue weighted by Crippen LogP contribution is 2.64. The van der Waals surface area contributed by atoms with Gasteiger partial charge in [0.25, 0.3) is 0 Å². The van der Waals surface area contributed by atoms with Gasteiger partial charge in [0, 0.05) is 86.8 Å². The van der Waals surface area contributed by atoms with Gasteiger partial charge in [0.15, 0.2) is 0 Å². The summed E-state index contributed by atoms with van der Waals surface area (Å²) in [6.07, 6.45) is 9.38. The zero-order chi connectivity index (χ0) is 59.6. The van der Waals surface area contributed by atoms with Gasteiger partial charge in [0.05, 0.1) is 16.5 Å². The molecule has 4 aliphatic heterocycles. The van der Waals surface area contributed by atoms with Gasteiger partial charge in [-0.3, -0.25) is 15.0 Å². The van der Waals surface area contributed by atoms with E-state index in [0.29, 0.717) is 0 Å². The number of nitrogens with zero attached hydrogens (tertiary/aromatic N) is 3. The van der Waals surface area contributed by atoms with E-state index in [-0.39, 0.29) is 0 Å². The molecule has 7 heterocycles. The van der Waals surface area contributed by atoms with Crippen molar-refractivity contribution in [2.75, 3.05) is 0 Å². The lowest BCUT2D eigenvalue weighted by atomic mass is 9.64. The molecule has 0 bridgehead atoms. The molecule has 18 rings (SSSR count). The second-order valence-electron chi connectivity index (χ2n) is 23.0. The smallest absolute Gasteiger partial charge is 0.0745 e. The molecular formula is C83H53N3S4. The topological polar surface area (TPSA) is 38.7 Å². The minimum absolute atomic E-state index is 0.417. The maximum atomic E-state index is 4.69. The summed E-state index contributed by atoms with van der Waals surface area (Å²) < 4.78 is 0. The number of benzene rings is 11. The van der Waals surface area contributed by atoms with Crippen molar-refractivity contribution in [3.8, 4) is 66.9 Å². The minimum Gasteiger partial charge on any atom is -0.264 e. The molecule has 11 aromatic carbocycles. The van der Waals surface area contributed by atoms with Crippen LogP contribution < -0.4 is 0 Å². The average Bonchev–Trinajstić information content (AvgIpc) is 0.700. The molecule has 4 aliphatic rings. The molecule has 3 nitrogen and oxygen atoms in total. The molecule has 0 radical (unpaired) electrons. The molecule has 0 saturated heterocycles. The van der Waals surface area contributed by atoms with Gasteiger partial charge in [0.2, 0.25) is 0 Å². The zero-order valence-electron chi connectivity index (χ0n) is 48.6. The number of hydrogen-bond donors (Lipinski definition) is 0. The Balaban J connectivity index is 0.000000139. The van der Waals surface area contributed by atoms with Gasteiger partial charge in [-0.25, -0.2) is 0 Å². The Bertz CT molecular complexity index is 4680. The van der Waals surface area contributed by atoms with E-state index < -0.39 is 10.8 Å². The standard InChI is InChI=1S/C42H27NS2.C41H26N2S2/c1-2-10-28(11-3-1)31-19-21-36-40(25-31)45-41-26-32(29-12-8-13-30(24-29)33-14-9-23-43-27-33)20-22-37(41)42(36)34-15-4-6-17-38(34)44-39-18-7-5-16-35(39)42;1-3-15-37-32(12-1)41(33-13-2-4-16-38(33)44-37)34-19-17-29(27-9-7-10-28(23-27)31-11-8-21-42-26-31)24-39(34)45-40-25-30(18-20-35(40)41)36-14-5-6-22-43-36/h1-27H;1-26H. The summed E-state index contributed by atoms with van der Waals surface area (Å²) in [4.78, 5) is 23.8. The van der Waals surface area contributed by atoms with Crippen molar-refractivity contribution in [1.82, 2.24) is 15.0 Å². The van der Waals surface area contributed by atoms with Crippen LogP contribution in [0.25, 0.3) is 66.9 Å². The van der Waals surface area contributed by atoms with E-state index in [0.717, 1.165) is 22.4 Å². The molecule has 7 heteroatoms. The molecule has 0 saturated carbocycles. The third-order valence-corrected chi connectivity index (χ3v) is 22.6. The normalized spacial score (nSPS) is 13.8. The van der Waals surface area contributed by atoms with Crippen LogP contribution >= 0.6 is 47.0 Å². The SMILES string of the molecule is c1ccc(-c2ccc3c(c2)Sc2cc(-c4cccc(-c5cccnc5)c4)ccc2C32c3ccccc3Sc3ccccc32)cc1.c1ccc(-c2ccc3c(c2)Sc2cc(-c4cccc(-c5cccnc5)c4)ccc2C32c3ccccc3Sc3ccccc32)nc1. The fourth-order valence-electron chi connectivity index (χ4n) is 14.0. The van der Waals surface area contributed by atoms with Crippen LogP contribution in [0.4, 0.5) is 0 Å². The second-order valence-corrected chi connectivity index (χ2v) is 27.3. The number of rotatable bonds is 6. The van der Waals surface area contributed by atoms with E-state index in [1.165, 1.54) is 128 Å². The van der Waals surface area contributed by atoms with Crippen LogP contribution in [0.5, 0.6) is 0 Å². The highest BCUT2D eigenvalue weighted by Gasteiger charge is 2.50. The molecule has 0 unspecified atom stereocenters. The largest absolute Gasteiger partial charge is 0.264 e. The summed E-state index contributed by atoms with van der Waals surface area (Å²) in [6.45, 7) is 0. The summed E-state index contributed by atoms with van der Waals surface area (Å²) >= 11 is 7.54. The van der Waals surface area contributed by atoms with Gasteiger partial charge < -0.3 is 0 Å². The Morgan fingerprint density at radius 2 is 0.511 bits per heavy atom. The predicted molar refractivity (Wildman–Crippen MR) is 372 cm³/mol. The number of aromatic nitrogens is 3. The Morgan fingerprint density at radius 1 is 0.200 bits per heavy atom. The lowest BCUT2D eigenvalue weighted by molar-refractivity contribution is 0.667. The van der Waals surface area contributed by atoms with Crippen LogP contribution in [-0.2, 0) is 10.8 Å². The molecular weight excluding hydrogens is 1170 g/mol. The van der Waals surface area contributed by atoms with Crippen LogP contribution in [-0.4, -0.2) is 15.0 Å². The highest BCUT2D eigenvalue weighted by atomic mass is 32.2. The lowest BCUT2D eigenvalue weighted by Gasteiger charge is -2.45. The van der Waals surface area contributed by atoms with Gasteiger partial charge in [-0.05, 0) is 174 Å². The molecule has 3 aromatic heterocycles. The van der Waals surface area contributed by atoms with Crippen molar-refractivity contribution in [2.45, 2.75) is 50.0 Å². The van der Waals surface area contributed by atoms with Crippen LogP contribution in [0.2, 0.25) is 0 Å². The maximum absolute atomic E-state index is 4.69. The predicted octanol–water partition coefficient (Wildman–Crippen LogP) is 22.2. The monoisotopic (exact) mass is 1220 g/mol. The zero-order valence-corrected chi connectivity index (χ0v) is 51.8. The Labute approximate surface area is 541 Å². The minimum atomic E-state index is -0.437. The number of pyridine rings is 3. The van der Waals surface area contributed by atoms with Crippen LogP contribution in [0, 0.1) is 0 Å². The maximum Gasteiger partial charge on any atom is 0.0745 e. The molecule has 0 aliphatic carbocycles. The first-order valence-corrected chi connectivity index (χ1v) is 33.5. The summed E-state index contributed by atoms with van der Waals surface area (Å²) in [7, 11) is 0. The fraction of sp³-hybridized carbons (Fsp3) is 0.0241. The van der Waals surface area contributed by atoms with E-state index in [9.17, 15) is 0 Å². The molecule has 2 spiro atoms. The first-order chi connectivity index (χ1) is 44.6. The van der Waals surface area contributed by atoms with Crippen LogP contribution in [0.15, 0.2) is 361 Å². The number of fused-ring (bicyclic) bond motifs is 16. The molecule has 90 heavy (non-hydrogen) atoms. The van der Waals surface area contributed by atoms with Crippen LogP contribution in [0.1, 0.15) is 44.5 Å². The van der Waals surface area contributed by atoms with E-state index in [1.807, 2.05) is 96.2 Å². The molecule has 424 valence electrons. The van der Waals surface area contributed by atoms with Crippen molar-refractivity contribution in [1.29, 1.82) is 0 Å². The Kier molecular flexibility index (Phi) is 13.7. The van der Waals surface area contributed by atoms with E-state index >= 15 is 0 Å². The van der Waals surface area contributed by atoms with Crippen LogP contribution in [0.3, 0.4) is 0 Å². The third-order valence-electron chi connectivity index (χ3n) is 18.0. The van der Waals surface area contributed by atoms with Gasteiger partial charge in [-0.1, -0.05) is 253 Å². The van der Waals surface area contributed by atoms with Crippen molar-refractivity contribution in [2.24, 2.45) is 0 Å².